The van der Waals surface area contributed by atoms with Crippen LogP contribution in [0.2, 0.25) is 0 Å². The largest absolute Gasteiger partial charge is 0.493 e. The van der Waals surface area contributed by atoms with Gasteiger partial charge in [-0.15, -0.1) is 0 Å². The van der Waals surface area contributed by atoms with Gasteiger partial charge in [-0.2, -0.15) is 0 Å². The molecule has 1 aliphatic rings. The Morgan fingerprint density at radius 1 is 1.03 bits per heavy atom. The van der Waals surface area contributed by atoms with E-state index in [4.69, 9.17) is 9.47 Å². The van der Waals surface area contributed by atoms with Crippen LogP contribution in [0.4, 0.5) is 4.39 Å². The third-order valence-corrected chi connectivity index (χ3v) is 8.05. The molecular weight excluding hydrogens is 467 g/mol. The Hall–Kier alpha value is -2.94. The van der Waals surface area contributed by atoms with Gasteiger partial charge in [0, 0.05) is 19.1 Å². The highest BCUT2D eigenvalue weighted by Crippen LogP contribution is 2.40. The summed E-state index contributed by atoms with van der Waals surface area (Å²) < 4.78 is 53.9. The smallest absolute Gasteiger partial charge is 0.240 e. The lowest BCUT2D eigenvalue weighted by Gasteiger charge is -2.41. The fourth-order valence-corrected chi connectivity index (χ4v) is 5.96. The van der Waals surface area contributed by atoms with Gasteiger partial charge in [-0.05, 0) is 73.4 Å². The Morgan fingerprint density at radius 3 is 2.29 bits per heavy atom. The van der Waals surface area contributed by atoms with E-state index in [2.05, 4.69) is 9.62 Å². The first-order valence-corrected chi connectivity index (χ1v) is 13.0. The number of hydrogen-bond donors (Lipinski definition) is 1. The molecule has 186 valence electrons. The molecule has 6 nitrogen and oxygen atoms in total. The Bertz CT molecular complexity index is 1280. The molecule has 0 unspecified atom stereocenters. The van der Waals surface area contributed by atoms with Crippen molar-refractivity contribution in [3.8, 4) is 11.5 Å². The summed E-state index contributed by atoms with van der Waals surface area (Å²) in [5, 5.41) is 0. The summed E-state index contributed by atoms with van der Waals surface area (Å²) in [5.74, 6) is 0.948. The van der Waals surface area contributed by atoms with Crippen molar-refractivity contribution in [3.05, 3.63) is 88.7 Å². The van der Waals surface area contributed by atoms with Crippen molar-refractivity contribution in [3.63, 3.8) is 0 Å². The van der Waals surface area contributed by atoms with E-state index in [9.17, 15) is 12.8 Å². The summed E-state index contributed by atoms with van der Waals surface area (Å²) in [6, 6.07) is 16.4. The van der Waals surface area contributed by atoms with Crippen LogP contribution in [-0.2, 0) is 23.0 Å². The molecule has 0 amide bonds. The number of nitrogens with zero attached hydrogens (tertiary/aromatic N) is 1. The van der Waals surface area contributed by atoms with Gasteiger partial charge in [-0.25, -0.2) is 17.5 Å². The predicted octanol–water partition coefficient (Wildman–Crippen LogP) is 4.62. The monoisotopic (exact) mass is 498 g/mol. The van der Waals surface area contributed by atoms with Gasteiger partial charge in [0.15, 0.2) is 11.5 Å². The Balaban J connectivity index is 1.71. The molecule has 8 heteroatoms. The van der Waals surface area contributed by atoms with Crippen LogP contribution in [0.3, 0.4) is 0 Å². The van der Waals surface area contributed by atoms with E-state index in [1.807, 2.05) is 26.0 Å². The number of ether oxygens (including phenoxy) is 2. The molecule has 0 fully saturated rings. The molecule has 0 aromatic heterocycles. The Morgan fingerprint density at radius 2 is 1.66 bits per heavy atom. The molecule has 35 heavy (non-hydrogen) atoms. The zero-order chi connectivity index (χ0) is 25.2. The van der Waals surface area contributed by atoms with Crippen LogP contribution in [0, 0.1) is 12.7 Å². The highest BCUT2D eigenvalue weighted by Gasteiger charge is 2.35. The van der Waals surface area contributed by atoms with Gasteiger partial charge in [0.25, 0.3) is 0 Å². The van der Waals surface area contributed by atoms with Crippen LogP contribution < -0.4 is 14.2 Å². The minimum absolute atomic E-state index is 0.225. The molecule has 4 rings (SSSR count). The lowest BCUT2D eigenvalue weighted by atomic mass is 9.88. The lowest BCUT2D eigenvalue weighted by molar-refractivity contribution is 0.150. The number of fused-ring (bicyclic) bond motifs is 1. The summed E-state index contributed by atoms with van der Waals surface area (Å²) in [7, 11) is -0.555. The van der Waals surface area contributed by atoms with Crippen molar-refractivity contribution in [2.75, 3.05) is 20.8 Å². The zero-order valence-electron chi connectivity index (χ0n) is 20.4. The van der Waals surface area contributed by atoms with Gasteiger partial charge in [-0.3, -0.25) is 4.90 Å². The second-order valence-electron chi connectivity index (χ2n) is 8.92. The van der Waals surface area contributed by atoms with Gasteiger partial charge in [0.05, 0.1) is 25.2 Å². The van der Waals surface area contributed by atoms with E-state index in [1.165, 1.54) is 12.1 Å². The van der Waals surface area contributed by atoms with Gasteiger partial charge in [-0.1, -0.05) is 29.8 Å². The molecule has 0 aliphatic carbocycles. The molecular formula is C27H31FN2O4S. The van der Waals surface area contributed by atoms with E-state index < -0.39 is 16.1 Å². The second kappa shape index (κ2) is 10.4. The van der Waals surface area contributed by atoms with E-state index in [0.29, 0.717) is 24.6 Å². The van der Waals surface area contributed by atoms with Crippen molar-refractivity contribution in [2.24, 2.45) is 0 Å². The molecule has 1 aliphatic heterocycles. The fourth-order valence-electron chi connectivity index (χ4n) is 4.71. The van der Waals surface area contributed by atoms with Crippen LogP contribution >= 0.6 is 0 Å². The average Bonchev–Trinajstić information content (AvgIpc) is 2.84. The maximum atomic E-state index is 13.5. The first kappa shape index (κ1) is 25.2. The van der Waals surface area contributed by atoms with Gasteiger partial charge in [0.1, 0.15) is 5.82 Å². The van der Waals surface area contributed by atoms with Crippen molar-refractivity contribution >= 4 is 10.0 Å². The molecule has 0 bridgehead atoms. The third kappa shape index (κ3) is 5.50. The standard InChI is InChI=1S/C27H31FN2O4S/c1-18-5-11-23(12-6-18)35(31,32)29-19(2)27-24-16-26(34-4)25(33-3)15-21(24)13-14-30(27)17-20-7-9-22(28)10-8-20/h5-12,15-16,19,27,29H,13-14,17H2,1-4H3/t19-,27+/m0/s1. The van der Waals surface area contributed by atoms with E-state index in [-0.39, 0.29) is 16.8 Å². The highest BCUT2D eigenvalue weighted by atomic mass is 32.2. The zero-order valence-corrected chi connectivity index (χ0v) is 21.2. The van der Waals surface area contributed by atoms with E-state index in [1.54, 1.807) is 50.6 Å². The van der Waals surface area contributed by atoms with Crippen LogP contribution in [0.15, 0.2) is 65.6 Å². The molecule has 0 radical (unpaired) electrons. The first-order valence-electron chi connectivity index (χ1n) is 11.5. The number of benzene rings is 3. The fraction of sp³-hybridized carbons (Fsp3) is 0.333. The highest BCUT2D eigenvalue weighted by molar-refractivity contribution is 7.89. The van der Waals surface area contributed by atoms with Crippen LogP contribution in [0.25, 0.3) is 0 Å². The van der Waals surface area contributed by atoms with Crippen LogP contribution in [-0.4, -0.2) is 40.1 Å². The summed E-state index contributed by atoms with van der Waals surface area (Å²) >= 11 is 0. The van der Waals surface area contributed by atoms with Gasteiger partial charge < -0.3 is 9.47 Å². The molecule has 0 spiro atoms. The number of nitrogens with one attached hydrogen (secondary N) is 1. The van der Waals surface area contributed by atoms with Crippen molar-refractivity contribution in [1.29, 1.82) is 0 Å². The normalized spacial score (nSPS) is 17.0. The minimum Gasteiger partial charge on any atom is -0.493 e. The second-order valence-corrected chi connectivity index (χ2v) is 10.6. The maximum Gasteiger partial charge on any atom is 0.240 e. The summed E-state index contributed by atoms with van der Waals surface area (Å²) in [6.45, 7) is 5.05. The molecule has 2 atom stereocenters. The first-order chi connectivity index (χ1) is 16.7. The van der Waals surface area contributed by atoms with Crippen molar-refractivity contribution in [2.45, 2.75) is 43.8 Å². The van der Waals surface area contributed by atoms with E-state index in [0.717, 1.165) is 28.7 Å². The van der Waals surface area contributed by atoms with Crippen molar-refractivity contribution < 1.29 is 22.3 Å². The molecule has 3 aromatic rings. The maximum absolute atomic E-state index is 13.5. The molecule has 3 aromatic carbocycles. The molecule has 0 saturated heterocycles. The number of methoxy groups -OCH3 is 2. The quantitative estimate of drug-likeness (QED) is 0.491. The number of aryl methyl sites for hydroxylation is 1. The SMILES string of the molecule is COc1cc2c(cc1OC)[C@@H]([C@H](C)NS(=O)(=O)c1ccc(C)cc1)N(Cc1ccc(F)cc1)CC2. The summed E-state index contributed by atoms with van der Waals surface area (Å²) in [4.78, 5) is 2.45. The Labute approximate surface area is 206 Å². The van der Waals surface area contributed by atoms with Gasteiger partial charge >= 0.3 is 0 Å². The average molecular weight is 499 g/mol. The molecule has 0 saturated carbocycles. The number of hydrogen-bond acceptors (Lipinski definition) is 5. The number of halogens is 1. The Kier molecular flexibility index (Phi) is 7.44. The van der Waals surface area contributed by atoms with Gasteiger partial charge in [0.2, 0.25) is 10.0 Å². The lowest BCUT2D eigenvalue weighted by Crippen LogP contribution is -2.47. The summed E-state index contributed by atoms with van der Waals surface area (Å²) in [6.07, 6.45) is 0.769. The molecule has 1 heterocycles. The minimum atomic E-state index is -3.74. The molecule has 1 N–H and O–H groups in total. The third-order valence-electron chi connectivity index (χ3n) is 6.47. The van der Waals surface area contributed by atoms with Crippen molar-refractivity contribution in [1.82, 2.24) is 9.62 Å². The van der Waals surface area contributed by atoms with E-state index >= 15 is 0 Å². The topological polar surface area (TPSA) is 67.9 Å². The van der Waals surface area contributed by atoms with Crippen LogP contribution in [0.5, 0.6) is 11.5 Å². The predicted molar refractivity (Wildman–Crippen MR) is 134 cm³/mol. The summed E-state index contributed by atoms with van der Waals surface area (Å²) in [5.41, 5.74) is 4.01. The number of rotatable bonds is 8. The van der Waals surface area contributed by atoms with Crippen LogP contribution in [0.1, 0.15) is 35.2 Å². The number of sulfonamides is 1.